The van der Waals surface area contributed by atoms with Crippen LogP contribution in [-0.2, 0) is 19.6 Å². The number of primary amides is 1. The molecule has 1 amide bonds. The van der Waals surface area contributed by atoms with Gasteiger partial charge in [-0.15, -0.1) is 0 Å². The van der Waals surface area contributed by atoms with Gasteiger partial charge in [0.05, 0.1) is 11.2 Å². The van der Waals surface area contributed by atoms with Crippen LogP contribution in [0.4, 0.5) is 4.79 Å². The monoisotopic (exact) mass is 305 g/mol. The molecule has 22 heavy (non-hydrogen) atoms. The number of hydrogen-bond acceptors (Lipinski definition) is 4. The number of hydrogen-bond donors (Lipinski definition) is 1. The largest absolute Gasteiger partial charge is 0.494 e. The van der Waals surface area contributed by atoms with Gasteiger partial charge in [0.2, 0.25) is 0 Å². The summed E-state index contributed by atoms with van der Waals surface area (Å²) in [7, 11) is -0.450. The first-order valence-corrected chi connectivity index (χ1v) is 7.39. The van der Waals surface area contributed by atoms with Crippen molar-refractivity contribution in [3.8, 4) is 0 Å². The van der Waals surface area contributed by atoms with Crippen LogP contribution in [0.2, 0.25) is 0 Å². The first kappa shape index (κ1) is 16.8. The van der Waals surface area contributed by atoms with Crippen molar-refractivity contribution >= 4 is 18.7 Å². The average molecular weight is 305 g/mol. The van der Waals surface area contributed by atoms with E-state index in [0.29, 0.717) is 0 Å². The van der Waals surface area contributed by atoms with Crippen molar-refractivity contribution in [1.82, 2.24) is 0 Å². The Kier molecular flexibility index (Phi) is 4.04. The van der Waals surface area contributed by atoms with Gasteiger partial charge in [-0.25, -0.2) is 4.79 Å². The molecule has 1 fully saturated rings. The SMILES string of the molecule is CC(C)(OC(N)=O)c1cccc(B2OC(C)(C)C(C)(C)O2)c1. The van der Waals surface area contributed by atoms with E-state index in [-0.39, 0.29) is 0 Å². The van der Waals surface area contributed by atoms with E-state index >= 15 is 0 Å². The molecule has 0 spiro atoms. The van der Waals surface area contributed by atoms with Gasteiger partial charge in [0.25, 0.3) is 0 Å². The van der Waals surface area contributed by atoms with Crippen LogP contribution in [0.5, 0.6) is 0 Å². The second kappa shape index (κ2) is 5.28. The van der Waals surface area contributed by atoms with Gasteiger partial charge in [-0.05, 0) is 52.6 Å². The molecular formula is C16H24BNO4. The number of carbonyl (C=O) groups excluding carboxylic acids is 1. The van der Waals surface area contributed by atoms with E-state index < -0.39 is 30.0 Å². The number of amides is 1. The van der Waals surface area contributed by atoms with E-state index in [1.807, 2.05) is 52.0 Å². The molecule has 120 valence electrons. The van der Waals surface area contributed by atoms with Crippen molar-refractivity contribution < 1.29 is 18.8 Å². The minimum absolute atomic E-state index is 0.396. The van der Waals surface area contributed by atoms with E-state index in [4.69, 9.17) is 19.8 Å². The van der Waals surface area contributed by atoms with Crippen LogP contribution in [-0.4, -0.2) is 24.4 Å². The standard InChI is InChI=1S/C16H24BNO4/c1-14(2,20-13(18)19)11-8-7-9-12(10-11)17-21-15(3,4)16(5,6)22-17/h7-10H,1-6H3,(H2,18,19). The molecule has 1 aromatic carbocycles. The highest BCUT2D eigenvalue weighted by atomic mass is 16.7. The summed E-state index contributed by atoms with van der Waals surface area (Å²) in [5.41, 5.74) is 5.25. The summed E-state index contributed by atoms with van der Waals surface area (Å²) in [6, 6.07) is 7.64. The summed E-state index contributed by atoms with van der Waals surface area (Å²) >= 11 is 0. The predicted octanol–water partition coefficient (Wildman–Crippen LogP) is 2.32. The number of nitrogens with two attached hydrogens (primary N) is 1. The van der Waals surface area contributed by atoms with Crippen molar-refractivity contribution in [3.05, 3.63) is 29.8 Å². The lowest BCUT2D eigenvalue weighted by atomic mass is 9.77. The van der Waals surface area contributed by atoms with Crippen molar-refractivity contribution in [3.63, 3.8) is 0 Å². The molecule has 0 saturated carbocycles. The highest BCUT2D eigenvalue weighted by Crippen LogP contribution is 2.36. The summed E-state index contributed by atoms with van der Waals surface area (Å²) in [6.45, 7) is 11.6. The lowest BCUT2D eigenvalue weighted by Gasteiger charge is -2.32. The summed E-state index contributed by atoms with van der Waals surface area (Å²) < 4.78 is 17.3. The molecule has 1 aliphatic rings. The highest BCUT2D eigenvalue weighted by Gasteiger charge is 2.51. The van der Waals surface area contributed by atoms with Crippen molar-refractivity contribution in [2.24, 2.45) is 5.73 Å². The van der Waals surface area contributed by atoms with Gasteiger partial charge < -0.3 is 19.8 Å². The third-order valence-electron chi connectivity index (χ3n) is 4.46. The lowest BCUT2D eigenvalue weighted by molar-refractivity contribution is 0.00578. The molecule has 1 aliphatic heterocycles. The number of ether oxygens (including phenoxy) is 1. The van der Waals surface area contributed by atoms with E-state index in [1.54, 1.807) is 13.8 Å². The van der Waals surface area contributed by atoms with Gasteiger partial charge in [-0.1, -0.05) is 24.3 Å². The van der Waals surface area contributed by atoms with Crippen LogP contribution in [0.15, 0.2) is 24.3 Å². The van der Waals surface area contributed by atoms with Crippen LogP contribution in [0.1, 0.15) is 47.1 Å². The second-order valence-electron chi connectivity index (χ2n) is 7.15. The van der Waals surface area contributed by atoms with E-state index in [0.717, 1.165) is 11.0 Å². The summed E-state index contributed by atoms with van der Waals surface area (Å²) in [5, 5.41) is 0. The zero-order chi connectivity index (χ0) is 16.8. The molecule has 0 radical (unpaired) electrons. The smallest absolute Gasteiger partial charge is 0.439 e. The number of carbonyl (C=O) groups is 1. The van der Waals surface area contributed by atoms with E-state index in [9.17, 15) is 4.79 Å². The Hall–Kier alpha value is -1.53. The maximum atomic E-state index is 11.1. The van der Waals surface area contributed by atoms with E-state index in [2.05, 4.69) is 0 Å². The van der Waals surface area contributed by atoms with Crippen molar-refractivity contribution in [2.75, 3.05) is 0 Å². The average Bonchev–Trinajstić information content (AvgIpc) is 2.57. The fourth-order valence-corrected chi connectivity index (χ4v) is 2.35. The quantitative estimate of drug-likeness (QED) is 0.870. The van der Waals surface area contributed by atoms with Crippen LogP contribution >= 0.6 is 0 Å². The highest BCUT2D eigenvalue weighted by molar-refractivity contribution is 6.62. The third kappa shape index (κ3) is 3.13. The molecule has 2 N–H and O–H groups in total. The Morgan fingerprint density at radius 1 is 1.18 bits per heavy atom. The van der Waals surface area contributed by atoms with Crippen LogP contribution < -0.4 is 11.2 Å². The van der Waals surface area contributed by atoms with Crippen molar-refractivity contribution in [1.29, 1.82) is 0 Å². The van der Waals surface area contributed by atoms with Gasteiger partial charge in [0.15, 0.2) is 0 Å². The predicted molar refractivity (Wildman–Crippen MR) is 85.9 cm³/mol. The molecule has 0 bridgehead atoms. The van der Waals surface area contributed by atoms with Crippen molar-refractivity contribution in [2.45, 2.75) is 58.3 Å². The Morgan fingerprint density at radius 2 is 1.73 bits per heavy atom. The summed E-state index contributed by atoms with van der Waals surface area (Å²) in [6.07, 6.45) is -0.800. The molecule has 0 unspecified atom stereocenters. The molecule has 1 heterocycles. The van der Waals surface area contributed by atoms with Gasteiger partial charge in [-0.2, -0.15) is 0 Å². The fraction of sp³-hybridized carbons (Fsp3) is 0.562. The van der Waals surface area contributed by atoms with Crippen LogP contribution in [0.3, 0.4) is 0 Å². The summed E-state index contributed by atoms with van der Waals surface area (Å²) in [4.78, 5) is 11.1. The van der Waals surface area contributed by atoms with E-state index in [1.165, 1.54) is 0 Å². The molecule has 0 aromatic heterocycles. The van der Waals surface area contributed by atoms with Gasteiger partial charge in [0, 0.05) is 0 Å². The van der Waals surface area contributed by atoms with Crippen LogP contribution in [0.25, 0.3) is 0 Å². The lowest BCUT2D eigenvalue weighted by Crippen LogP contribution is -2.41. The third-order valence-corrected chi connectivity index (χ3v) is 4.46. The fourth-order valence-electron chi connectivity index (χ4n) is 2.35. The first-order valence-electron chi connectivity index (χ1n) is 7.39. The minimum Gasteiger partial charge on any atom is -0.439 e. The molecule has 6 heteroatoms. The Balaban J connectivity index is 2.29. The zero-order valence-electron chi connectivity index (χ0n) is 14.1. The van der Waals surface area contributed by atoms with Gasteiger partial charge >= 0.3 is 13.2 Å². The maximum absolute atomic E-state index is 11.1. The number of benzene rings is 1. The molecular weight excluding hydrogens is 281 g/mol. The molecule has 1 aromatic rings. The summed E-state index contributed by atoms with van der Waals surface area (Å²) in [5.74, 6) is 0. The zero-order valence-corrected chi connectivity index (χ0v) is 14.1. The molecule has 2 rings (SSSR count). The molecule has 5 nitrogen and oxygen atoms in total. The maximum Gasteiger partial charge on any atom is 0.494 e. The molecule has 0 aliphatic carbocycles. The Morgan fingerprint density at radius 3 is 2.23 bits per heavy atom. The number of rotatable bonds is 3. The van der Waals surface area contributed by atoms with Crippen LogP contribution in [0, 0.1) is 0 Å². The van der Waals surface area contributed by atoms with Gasteiger partial charge in [0.1, 0.15) is 5.60 Å². The second-order valence-corrected chi connectivity index (χ2v) is 7.15. The first-order chi connectivity index (χ1) is 9.95. The molecule has 1 saturated heterocycles. The van der Waals surface area contributed by atoms with Gasteiger partial charge in [-0.3, -0.25) is 0 Å². The molecule has 0 atom stereocenters. The topological polar surface area (TPSA) is 70.8 Å². The Bertz CT molecular complexity index is 567. The minimum atomic E-state index is -0.814. The Labute approximate surface area is 132 Å². The normalized spacial score (nSPS) is 20.0.